The summed E-state index contributed by atoms with van der Waals surface area (Å²) >= 11 is 13.8. The zero-order valence-corrected chi connectivity index (χ0v) is 22.3. The third kappa shape index (κ3) is 7.11. The number of thiophene rings is 1. The predicted octanol–water partition coefficient (Wildman–Crippen LogP) is 4.23. The van der Waals surface area contributed by atoms with E-state index in [9.17, 15) is 29.2 Å². The first kappa shape index (κ1) is 27.7. The zero-order chi connectivity index (χ0) is 26.5. The van der Waals surface area contributed by atoms with Gasteiger partial charge in [-0.2, -0.15) is 0 Å². The van der Waals surface area contributed by atoms with Gasteiger partial charge in [0, 0.05) is 18.0 Å². The Hall–Kier alpha value is -2.84. The van der Waals surface area contributed by atoms with E-state index in [2.05, 4.69) is 10.6 Å². The van der Waals surface area contributed by atoms with Crippen LogP contribution in [-0.4, -0.2) is 53.4 Å². The lowest BCUT2D eigenvalue weighted by atomic mass is 10.1. The van der Waals surface area contributed by atoms with E-state index in [1.54, 1.807) is 36.3 Å². The van der Waals surface area contributed by atoms with Gasteiger partial charge in [0.15, 0.2) is 0 Å². The number of aliphatic carboxylic acids is 1. The molecule has 36 heavy (non-hydrogen) atoms. The molecule has 3 rings (SSSR count). The number of carbonyl (C=O) groups is 3. The largest absolute Gasteiger partial charge is 0.508 e. The molecule has 1 heterocycles. The highest BCUT2D eigenvalue weighted by atomic mass is 35.5. The van der Waals surface area contributed by atoms with Gasteiger partial charge in [0.1, 0.15) is 18.9 Å². The fraction of sp³-hybridized carbons (Fsp3) is 0.208. The van der Waals surface area contributed by atoms with E-state index in [-0.39, 0.29) is 34.1 Å². The number of carbonyl (C=O) groups excluding carboxylic acids is 2. The van der Waals surface area contributed by atoms with E-state index in [1.165, 1.54) is 35.6 Å². The number of carboxylic acid groups (broad SMARTS) is 1. The molecule has 0 saturated carbocycles. The SMILES string of the molecule is CP(=O)(CCc1cc(Cl)c(C(=O)N[C@@H](CNC(=O)c2cccs2)C(=O)O)c(Cl)c1)c1cccc(O)c1. The molecule has 2 aromatic carbocycles. The van der Waals surface area contributed by atoms with Crippen molar-refractivity contribution in [1.82, 2.24) is 10.6 Å². The van der Waals surface area contributed by atoms with Gasteiger partial charge in [0.25, 0.3) is 11.8 Å². The van der Waals surface area contributed by atoms with Gasteiger partial charge in [-0.3, -0.25) is 9.59 Å². The van der Waals surface area contributed by atoms with Crippen molar-refractivity contribution in [1.29, 1.82) is 0 Å². The topological polar surface area (TPSA) is 133 Å². The molecule has 8 nitrogen and oxygen atoms in total. The smallest absolute Gasteiger partial charge is 0.328 e. The van der Waals surface area contributed by atoms with Crippen LogP contribution < -0.4 is 15.9 Å². The number of hydrogen-bond acceptors (Lipinski definition) is 6. The second-order valence-corrected chi connectivity index (χ2v) is 13.0. The van der Waals surface area contributed by atoms with Crippen molar-refractivity contribution in [3.8, 4) is 5.75 Å². The minimum Gasteiger partial charge on any atom is -0.508 e. The van der Waals surface area contributed by atoms with E-state index in [1.807, 2.05) is 0 Å². The van der Waals surface area contributed by atoms with Crippen LogP contribution in [0.15, 0.2) is 53.9 Å². The summed E-state index contributed by atoms with van der Waals surface area (Å²) in [6.45, 7) is 1.28. The molecule has 0 aliphatic carbocycles. The monoisotopic (exact) mass is 568 g/mol. The molecule has 1 aromatic heterocycles. The number of carboxylic acids is 1. The number of hydrogen-bond donors (Lipinski definition) is 4. The van der Waals surface area contributed by atoms with Gasteiger partial charge < -0.3 is 25.4 Å². The molecule has 2 atom stereocenters. The average molecular weight is 569 g/mol. The van der Waals surface area contributed by atoms with Gasteiger partial charge in [0.2, 0.25) is 0 Å². The summed E-state index contributed by atoms with van der Waals surface area (Å²) in [7, 11) is -2.79. The number of halogens is 2. The summed E-state index contributed by atoms with van der Waals surface area (Å²) in [6, 6.07) is 11.2. The highest BCUT2D eigenvalue weighted by Crippen LogP contribution is 2.41. The highest BCUT2D eigenvalue weighted by Gasteiger charge is 2.25. The first-order valence-electron chi connectivity index (χ1n) is 10.7. The number of amides is 2. The summed E-state index contributed by atoms with van der Waals surface area (Å²) in [5, 5.41) is 26.2. The van der Waals surface area contributed by atoms with E-state index >= 15 is 0 Å². The molecule has 3 aromatic rings. The molecule has 2 amide bonds. The molecule has 0 fully saturated rings. The summed E-state index contributed by atoms with van der Waals surface area (Å²) in [5.74, 6) is -2.58. The van der Waals surface area contributed by atoms with Gasteiger partial charge in [0.05, 0.1) is 20.5 Å². The Morgan fingerprint density at radius 2 is 1.75 bits per heavy atom. The maximum absolute atomic E-state index is 13.1. The van der Waals surface area contributed by atoms with Gasteiger partial charge in [-0.25, -0.2) is 4.79 Å². The maximum Gasteiger partial charge on any atom is 0.328 e. The molecular weight excluding hydrogens is 546 g/mol. The van der Waals surface area contributed by atoms with E-state index in [0.717, 1.165) is 0 Å². The lowest BCUT2D eigenvalue weighted by Crippen LogP contribution is -2.48. The zero-order valence-electron chi connectivity index (χ0n) is 19.0. The number of phenolic OH excluding ortho intramolecular Hbond substituents is 1. The molecule has 190 valence electrons. The predicted molar refractivity (Wildman–Crippen MR) is 142 cm³/mol. The molecule has 12 heteroatoms. The molecular formula is C24H23Cl2N2O6PS. The normalized spacial score (nSPS) is 13.4. The lowest BCUT2D eigenvalue weighted by molar-refractivity contribution is -0.139. The quantitative estimate of drug-likeness (QED) is 0.270. The third-order valence-electron chi connectivity index (χ3n) is 5.35. The van der Waals surface area contributed by atoms with Crippen LogP contribution in [0.25, 0.3) is 0 Å². The number of nitrogens with one attached hydrogen (secondary N) is 2. The number of rotatable bonds is 10. The van der Waals surface area contributed by atoms with Crippen LogP contribution in [0.1, 0.15) is 25.6 Å². The van der Waals surface area contributed by atoms with Crippen LogP contribution in [0.5, 0.6) is 5.75 Å². The summed E-state index contributed by atoms with van der Waals surface area (Å²) in [5.41, 5.74) is 0.535. The average Bonchev–Trinajstić information content (AvgIpc) is 3.35. The first-order chi connectivity index (χ1) is 17.0. The van der Waals surface area contributed by atoms with Crippen molar-refractivity contribution in [2.45, 2.75) is 12.5 Å². The van der Waals surface area contributed by atoms with Crippen LogP contribution in [0, 0.1) is 0 Å². The Morgan fingerprint density at radius 3 is 2.33 bits per heavy atom. The first-order valence-corrected chi connectivity index (χ1v) is 14.6. The van der Waals surface area contributed by atoms with Gasteiger partial charge in [-0.05, 0) is 54.4 Å². The molecule has 0 bridgehead atoms. The summed E-state index contributed by atoms with van der Waals surface area (Å²) in [6.07, 6.45) is 0.622. The summed E-state index contributed by atoms with van der Waals surface area (Å²) < 4.78 is 13.1. The van der Waals surface area contributed by atoms with Crippen molar-refractivity contribution in [3.63, 3.8) is 0 Å². The molecule has 0 spiro atoms. The van der Waals surface area contributed by atoms with Crippen LogP contribution >= 0.6 is 41.7 Å². The van der Waals surface area contributed by atoms with E-state index in [4.69, 9.17) is 23.2 Å². The van der Waals surface area contributed by atoms with Crippen molar-refractivity contribution >= 4 is 64.8 Å². The molecule has 0 aliphatic rings. The fourth-order valence-corrected chi connectivity index (χ4v) is 6.46. The lowest BCUT2D eigenvalue weighted by Gasteiger charge is -2.17. The van der Waals surface area contributed by atoms with Crippen molar-refractivity contribution in [2.24, 2.45) is 0 Å². The summed E-state index contributed by atoms with van der Waals surface area (Å²) in [4.78, 5) is 36.9. The molecule has 0 radical (unpaired) electrons. The Morgan fingerprint density at radius 1 is 1.06 bits per heavy atom. The minimum absolute atomic E-state index is 0.00468. The number of aromatic hydroxyl groups is 1. The van der Waals surface area contributed by atoms with Crippen molar-refractivity contribution in [2.75, 3.05) is 19.4 Å². The van der Waals surface area contributed by atoms with Crippen molar-refractivity contribution in [3.05, 3.63) is 80.0 Å². The Balaban J connectivity index is 1.68. The molecule has 1 unspecified atom stereocenters. The number of aryl methyl sites for hydroxylation is 1. The second kappa shape index (κ2) is 11.9. The highest BCUT2D eigenvalue weighted by molar-refractivity contribution is 7.70. The molecule has 4 N–H and O–H groups in total. The van der Waals surface area contributed by atoms with Crippen molar-refractivity contribution < 1.29 is 29.2 Å². The van der Waals surface area contributed by atoms with E-state index in [0.29, 0.717) is 22.2 Å². The standard InChI is InChI=1S/C24H23Cl2N2O6PS/c1-35(34,16-5-2-4-15(29)12-16)8-7-14-10-17(25)21(18(26)11-14)23(31)28-19(24(32)33)13-27-22(30)20-6-3-9-36-20/h2-6,9-12,19,29H,7-8,13H2,1H3,(H,27,30)(H,28,31)(H,32,33)/t19-,35?/m0/s1. The van der Waals surface area contributed by atoms with Gasteiger partial charge in [-0.1, -0.05) is 41.4 Å². The van der Waals surface area contributed by atoms with Crippen LogP contribution in [0.2, 0.25) is 10.0 Å². The van der Waals surface area contributed by atoms with Crippen LogP contribution in [0.3, 0.4) is 0 Å². The van der Waals surface area contributed by atoms with Crippen LogP contribution in [-0.2, 0) is 15.8 Å². The van der Waals surface area contributed by atoms with Crippen LogP contribution in [0.4, 0.5) is 0 Å². The van der Waals surface area contributed by atoms with Gasteiger partial charge in [-0.15, -0.1) is 11.3 Å². The number of benzene rings is 2. The second-order valence-electron chi connectivity index (χ2n) is 8.08. The molecule has 0 aliphatic heterocycles. The Labute approximate surface area is 221 Å². The fourth-order valence-electron chi connectivity index (χ4n) is 3.37. The Kier molecular flexibility index (Phi) is 9.19. The minimum atomic E-state index is -2.79. The number of phenols is 1. The third-order valence-corrected chi connectivity index (χ3v) is 9.26. The van der Waals surface area contributed by atoms with E-state index < -0.39 is 31.0 Å². The molecule has 0 saturated heterocycles. The maximum atomic E-state index is 13.1. The Bertz CT molecular complexity index is 1310. The van der Waals surface area contributed by atoms with Gasteiger partial charge >= 0.3 is 5.97 Å².